The molecule has 0 aromatic rings. The largest absolute Gasteiger partial charge is 0.374 e. The lowest BCUT2D eigenvalue weighted by molar-refractivity contribution is -0.0618. The van der Waals surface area contributed by atoms with Crippen LogP contribution in [0.5, 0.6) is 0 Å². The van der Waals surface area contributed by atoms with Crippen LogP contribution in [-0.4, -0.2) is 16.6 Å². The van der Waals surface area contributed by atoms with E-state index in [1.807, 2.05) is 0 Å². The van der Waals surface area contributed by atoms with Gasteiger partial charge in [0.05, 0.1) is 12.2 Å². The minimum Gasteiger partial charge on any atom is -0.374 e. The zero-order valence-corrected chi connectivity index (χ0v) is 11.3. The second kappa shape index (κ2) is 4.69. The summed E-state index contributed by atoms with van der Waals surface area (Å²) in [6, 6.07) is 0. The highest BCUT2D eigenvalue weighted by atomic mass is 127. The number of hydrogen-bond donors (Lipinski definition) is 0. The lowest BCUT2D eigenvalue weighted by atomic mass is 9.80. The molecule has 82 valence electrons. The Morgan fingerprint density at radius 3 is 2.36 bits per heavy atom. The molecule has 0 aromatic heterocycles. The van der Waals surface area contributed by atoms with Crippen molar-refractivity contribution in [3.63, 3.8) is 0 Å². The fraction of sp³-hybridized carbons (Fsp3) is 1.00. The van der Waals surface area contributed by atoms with Crippen molar-refractivity contribution < 1.29 is 4.74 Å². The van der Waals surface area contributed by atoms with Gasteiger partial charge in [0.15, 0.2) is 0 Å². The highest BCUT2D eigenvalue weighted by Gasteiger charge is 2.35. The first-order chi connectivity index (χ1) is 6.74. The van der Waals surface area contributed by atoms with Crippen molar-refractivity contribution in [3.05, 3.63) is 0 Å². The maximum absolute atomic E-state index is 6.18. The van der Waals surface area contributed by atoms with Crippen LogP contribution in [-0.2, 0) is 4.74 Å². The van der Waals surface area contributed by atoms with E-state index in [0.29, 0.717) is 0 Å². The Labute approximate surface area is 101 Å². The molecule has 2 aliphatic carbocycles. The summed E-state index contributed by atoms with van der Waals surface area (Å²) >= 11 is 2.51. The Morgan fingerprint density at radius 2 is 1.86 bits per heavy atom. The molecule has 0 unspecified atom stereocenters. The van der Waals surface area contributed by atoms with E-state index in [1.165, 1.54) is 43.0 Å². The molecule has 2 fully saturated rings. The Morgan fingerprint density at radius 1 is 1.21 bits per heavy atom. The maximum Gasteiger partial charge on any atom is 0.0771 e. The van der Waals surface area contributed by atoms with Crippen LogP contribution < -0.4 is 0 Å². The van der Waals surface area contributed by atoms with Crippen molar-refractivity contribution in [1.29, 1.82) is 0 Å². The van der Waals surface area contributed by atoms with Gasteiger partial charge in [0.25, 0.3) is 0 Å². The molecular weight excluding hydrogens is 287 g/mol. The van der Waals surface area contributed by atoms with Gasteiger partial charge >= 0.3 is 0 Å². The number of ether oxygens (including phenoxy) is 1. The van der Waals surface area contributed by atoms with Crippen LogP contribution in [0, 0.1) is 11.8 Å². The first-order valence-corrected chi connectivity index (χ1v) is 7.46. The van der Waals surface area contributed by atoms with Crippen LogP contribution in [0.3, 0.4) is 0 Å². The predicted molar refractivity (Wildman–Crippen MR) is 67.9 cm³/mol. The standard InChI is InChI=1S/C12H21IO/c1-10-4-6-12(9-13,7-5-10)14-8-11-2-3-11/h10-11H,2-9H2,1H3. The lowest BCUT2D eigenvalue weighted by Gasteiger charge is -2.38. The van der Waals surface area contributed by atoms with Crippen LogP contribution in [0.4, 0.5) is 0 Å². The molecule has 0 radical (unpaired) electrons. The van der Waals surface area contributed by atoms with E-state index in [4.69, 9.17) is 4.74 Å². The SMILES string of the molecule is CC1CCC(CI)(OCC2CC2)CC1. The Hall–Kier alpha value is 0.690. The van der Waals surface area contributed by atoms with E-state index in [-0.39, 0.29) is 5.60 Å². The molecule has 2 rings (SSSR count). The second-order valence-corrected chi connectivity index (χ2v) is 6.02. The summed E-state index contributed by atoms with van der Waals surface area (Å²) < 4.78 is 7.37. The van der Waals surface area contributed by atoms with Crippen LogP contribution in [0.25, 0.3) is 0 Å². The topological polar surface area (TPSA) is 9.23 Å². The Bertz CT molecular complexity index is 181. The summed E-state index contributed by atoms with van der Waals surface area (Å²) in [5, 5.41) is 0. The minimum atomic E-state index is 0.260. The van der Waals surface area contributed by atoms with E-state index in [0.717, 1.165) is 18.4 Å². The third-order valence-electron chi connectivity index (χ3n) is 3.75. The lowest BCUT2D eigenvalue weighted by Crippen LogP contribution is -2.39. The summed E-state index contributed by atoms with van der Waals surface area (Å²) in [6.07, 6.45) is 8.15. The number of rotatable bonds is 4. The van der Waals surface area contributed by atoms with Gasteiger partial charge in [-0.1, -0.05) is 29.5 Å². The predicted octanol–water partition coefficient (Wildman–Crippen LogP) is 3.80. The normalized spacial score (nSPS) is 38.6. The number of alkyl halides is 1. The summed E-state index contributed by atoms with van der Waals surface area (Å²) in [5.74, 6) is 1.84. The first-order valence-electron chi connectivity index (χ1n) is 5.94. The molecule has 2 saturated carbocycles. The molecule has 0 bridgehead atoms. The van der Waals surface area contributed by atoms with Gasteiger partial charge in [0.2, 0.25) is 0 Å². The highest BCUT2D eigenvalue weighted by Crippen LogP contribution is 2.38. The molecule has 0 atom stereocenters. The molecule has 0 saturated heterocycles. The van der Waals surface area contributed by atoms with Crippen molar-refractivity contribution >= 4 is 22.6 Å². The fourth-order valence-electron chi connectivity index (χ4n) is 2.18. The van der Waals surface area contributed by atoms with Crippen molar-refractivity contribution in [1.82, 2.24) is 0 Å². The molecular formula is C12H21IO. The molecule has 1 nitrogen and oxygen atoms in total. The molecule has 0 aromatic carbocycles. The van der Waals surface area contributed by atoms with E-state index in [2.05, 4.69) is 29.5 Å². The summed E-state index contributed by atoms with van der Waals surface area (Å²) in [6.45, 7) is 3.41. The zero-order chi connectivity index (χ0) is 10.0. The second-order valence-electron chi connectivity index (χ2n) is 5.25. The van der Waals surface area contributed by atoms with Crippen molar-refractivity contribution in [2.75, 3.05) is 11.0 Å². The molecule has 0 N–H and O–H groups in total. The Balaban J connectivity index is 1.81. The van der Waals surface area contributed by atoms with Gasteiger partial charge in [-0.2, -0.15) is 0 Å². The van der Waals surface area contributed by atoms with E-state index in [9.17, 15) is 0 Å². The average molecular weight is 308 g/mol. The smallest absolute Gasteiger partial charge is 0.0771 e. The summed E-state index contributed by atoms with van der Waals surface area (Å²) in [4.78, 5) is 0. The third-order valence-corrected chi connectivity index (χ3v) is 5.14. The molecule has 0 spiro atoms. The van der Waals surface area contributed by atoms with Crippen molar-refractivity contribution in [2.24, 2.45) is 11.8 Å². The van der Waals surface area contributed by atoms with Gasteiger partial charge in [-0.3, -0.25) is 0 Å². The average Bonchev–Trinajstić information content (AvgIpc) is 3.02. The molecule has 0 aliphatic heterocycles. The monoisotopic (exact) mass is 308 g/mol. The van der Waals surface area contributed by atoms with E-state index in [1.54, 1.807) is 0 Å². The van der Waals surface area contributed by atoms with Crippen molar-refractivity contribution in [2.45, 2.75) is 51.0 Å². The number of hydrogen-bond acceptors (Lipinski definition) is 1. The summed E-state index contributed by atoms with van der Waals surface area (Å²) in [7, 11) is 0. The van der Waals surface area contributed by atoms with Gasteiger partial charge in [-0.15, -0.1) is 0 Å². The van der Waals surface area contributed by atoms with Crippen LogP contribution in [0.2, 0.25) is 0 Å². The highest BCUT2D eigenvalue weighted by molar-refractivity contribution is 14.1. The minimum absolute atomic E-state index is 0.260. The van der Waals surface area contributed by atoms with E-state index < -0.39 is 0 Å². The fourth-order valence-corrected chi connectivity index (χ4v) is 3.17. The number of halogens is 1. The quantitative estimate of drug-likeness (QED) is 0.567. The van der Waals surface area contributed by atoms with Crippen LogP contribution in [0.1, 0.15) is 45.4 Å². The van der Waals surface area contributed by atoms with Gasteiger partial charge in [-0.05, 0) is 50.4 Å². The summed E-state index contributed by atoms with van der Waals surface area (Å²) in [5.41, 5.74) is 0.260. The third kappa shape index (κ3) is 2.84. The zero-order valence-electron chi connectivity index (χ0n) is 9.10. The van der Waals surface area contributed by atoms with Gasteiger partial charge in [0.1, 0.15) is 0 Å². The molecule has 2 aliphatic rings. The maximum atomic E-state index is 6.18. The van der Waals surface area contributed by atoms with Gasteiger partial charge in [-0.25, -0.2) is 0 Å². The first kappa shape index (κ1) is 11.2. The van der Waals surface area contributed by atoms with E-state index >= 15 is 0 Å². The van der Waals surface area contributed by atoms with Crippen LogP contribution >= 0.6 is 22.6 Å². The Kier molecular flexibility index (Phi) is 3.74. The van der Waals surface area contributed by atoms with Crippen LogP contribution in [0.15, 0.2) is 0 Å². The molecule has 0 heterocycles. The van der Waals surface area contributed by atoms with Gasteiger partial charge in [0, 0.05) is 4.43 Å². The molecule has 14 heavy (non-hydrogen) atoms. The molecule has 2 heteroatoms. The van der Waals surface area contributed by atoms with Crippen molar-refractivity contribution in [3.8, 4) is 0 Å². The van der Waals surface area contributed by atoms with Gasteiger partial charge < -0.3 is 4.74 Å². The molecule has 0 amide bonds.